The number of aryl methyl sites for hydroxylation is 1. The molecule has 0 aliphatic heterocycles. The highest BCUT2D eigenvalue weighted by Crippen LogP contribution is 2.34. The predicted molar refractivity (Wildman–Crippen MR) is 147 cm³/mol. The minimum atomic E-state index is 0.717. The summed E-state index contributed by atoms with van der Waals surface area (Å²) in [4.78, 5) is 9.34. The van der Waals surface area contributed by atoms with Crippen molar-refractivity contribution in [3.8, 4) is 17.1 Å². The minimum absolute atomic E-state index is 0.717. The predicted octanol–water partition coefficient (Wildman–Crippen LogP) is 9.06. The molecule has 192 valence electrons. The second-order valence-corrected chi connectivity index (χ2v) is 11.5. The van der Waals surface area contributed by atoms with Gasteiger partial charge in [0.1, 0.15) is 5.75 Å². The zero-order valence-corrected chi connectivity index (χ0v) is 22.4. The van der Waals surface area contributed by atoms with E-state index in [4.69, 9.17) is 4.74 Å². The zero-order valence-electron chi connectivity index (χ0n) is 22.4. The maximum Gasteiger partial charge on any atom is 0.159 e. The highest BCUT2D eigenvalue weighted by molar-refractivity contribution is 5.55. The van der Waals surface area contributed by atoms with Crippen LogP contribution in [0, 0.1) is 23.7 Å². The van der Waals surface area contributed by atoms with Crippen molar-refractivity contribution >= 4 is 0 Å². The molecule has 0 atom stereocenters. The van der Waals surface area contributed by atoms with Crippen LogP contribution in [-0.4, -0.2) is 16.6 Å². The van der Waals surface area contributed by atoms with Gasteiger partial charge in [-0.05, 0) is 79.2 Å². The third-order valence-electron chi connectivity index (χ3n) is 8.87. The topological polar surface area (TPSA) is 35.0 Å². The van der Waals surface area contributed by atoms with E-state index in [1.807, 2.05) is 12.4 Å². The minimum Gasteiger partial charge on any atom is -0.493 e. The first-order valence-electron chi connectivity index (χ1n) is 14.8. The van der Waals surface area contributed by atoms with Crippen LogP contribution in [-0.2, 0) is 6.42 Å². The Morgan fingerprint density at radius 1 is 0.714 bits per heavy atom. The molecule has 0 spiro atoms. The molecule has 1 aromatic carbocycles. The van der Waals surface area contributed by atoms with Gasteiger partial charge >= 0.3 is 0 Å². The molecule has 1 heterocycles. The van der Waals surface area contributed by atoms with Crippen molar-refractivity contribution in [1.82, 2.24) is 9.97 Å². The lowest BCUT2D eigenvalue weighted by Gasteiger charge is -2.28. The fourth-order valence-corrected chi connectivity index (χ4v) is 6.22. The van der Waals surface area contributed by atoms with Crippen molar-refractivity contribution in [1.29, 1.82) is 0 Å². The molecular weight excluding hydrogens is 428 g/mol. The lowest BCUT2D eigenvalue weighted by atomic mass is 9.79. The van der Waals surface area contributed by atoms with Crippen LogP contribution in [0.5, 0.6) is 5.75 Å². The Bertz CT molecular complexity index is 831. The smallest absolute Gasteiger partial charge is 0.159 e. The van der Waals surface area contributed by atoms with Gasteiger partial charge < -0.3 is 4.74 Å². The van der Waals surface area contributed by atoms with E-state index in [2.05, 4.69) is 48.1 Å². The molecule has 4 rings (SSSR count). The summed E-state index contributed by atoms with van der Waals surface area (Å²) < 4.78 is 6.15. The number of hydrogen-bond donors (Lipinski definition) is 0. The van der Waals surface area contributed by atoms with E-state index < -0.39 is 0 Å². The van der Waals surface area contributed by atoms with Gasteiger partial charge in [0.05, 0.1) is 6.61 Å². The van der Waals surface area contributed by atoms with E-state index in [0.29, 0.717) is 0 Å². The van der Waals surface area contributed by atoms with Gasteiger partial charge in [0, 0.05) is 18.0 Å². The average Bonchev–Trinajstić information content (AvgIpc) is 2.92. The Morgan fingerprint density at radius 2 is 1.31 bits per heavy atom. The van der Waals surface area contributed by atoms with Crippen LogP contribution in [0.4, 0.5) is 0 Å². The largest absolute Gasteiger partial charge is 0.493 e. The van der Waals surface area contributed by atoms with Gasteiger partial charge in [0.25, 0.3) is 0 Å². The first-order chi connectivity index (χ1) is 17.2. The van der Waals surface area contributed by atoms with E-state index in [1.165, 1.54) is 95.5 Å². The van der Waals surface area contributed by atoms with E-state index in [9.17, 15) is 0 Å². The maximum atomic E-state index is 6.15. The summed E-state index contributed by atoms with van der Waals surface area (Å²) >= 11 is 0. The van der Waals surface area contributed by atoms with Crippen LogP contribution in [0.3, 0.4) is 0 Å². The van der Waals surface area contributed by atoms with Crippen molar-refractivity contribution in [3.05, 3.63) is 42.2 Å². The number of hydrogen-bond acceptors (Lipinski definition) is 3. The van der Waals surface area contributed by atoms with E-state index in [0.717, 1.165) is 53.8 Å². The van der Waals surface area contributed by atoms with Gasteiger partial charge in [0.2, 0.25) is 0 Å². The molecule has 2 saturated carbocycles. The molecule has 2 aliphatic rings. The lowest BCUT2D eigenvalue weighted by Crippen LogP contribution is -2.20. The molecule has 0 unspecified atom stereocenters. The molecule has 0 N–H and O–H groups in total. The summed E-state index contributed by atoms with van der Waals surface area (Å²) in [6, 6.07) is 8.35. The van der Waals surface area contributed by atoms with Crippen molar-refractivity contribution in [2.24, 2.45) is 23.7 Å². The van der Waals surface area contributed by atoms with Crippen LogP contribution in [0.15, 0.2) is 36.7 Å². The molecule has 0 saturated heterocycles. The number of ether oxygens (including phenoxy) is 1. The number of unbranched alkanes of at least 4 members (excludes halogenated alkanes) is 2. The molecule has 1 aromatic heterocycles. The molecule has 3 heteroatoms. The fourth-order valence-electron chi connectivity index (χ4n) is 6.22. The van der Waals surface area contributed by atoms with Gasteiger partial charge in [0.15, 0.2) is 5.82 Å². The Morgan fingerprint density at radius 3 is 1.94 bits per heavy atom. The second kappa shape index (κ2) is 14.0. The monoisotopic (exact) mass is 476 g/mol. The van der Waals surface area contributed by atoms with Crippen LogP contribution in [0.2, 0.25) is 0 Å². The van der Waals surface area contributed by atoms with E-state index in [1.54, 1.807) is 0 Å². The van der Waals surface area contributed by atoms with Gasteiger partial charge in [-0.1, -0.05) is 84.5 Å². The number of benzene rings is 1. The van der Waals surface area contributed by atoms with Crippen LogP contribution < -0.4 is 4.74 Å². The highest BCUT2D eigenvalue weighted by Gasteiger charge is 2.22. The third kappa shape index (κ3) is 8.33. The number of aromatic nitrogens is 2. The van der Waals surface area contributed by atoms with Crippen molar-refractivity contribution in [2.75, 3.05) is 6.61 Å². The van der Waals surface area contributed by atoms with Crippen LogP contribution in [0.1, 0.15) is 109 Å². The van der Waals surface area contributed by atoms with Gasteiger partial charge in [-0.15, -0.1) is 0 Å². The van der Waals surface area contributed by atoms with Gasteiger partial charge in [-0.2, -0.15) is 0 Å². The quantitative estimate of drug-likeness (QED) is 0.287. The standard InChI is InChI=1S/C32H48N2O/c1-3-5-6-7-26-12-15-28(16-13-26)24-35-31-20-18-30(19-21-31)32-33-22-29(23-34-32)17-14-27-10-8-25(4-2)9-11-27/h18-23,25-28H,3-17,24H2,1-2H3/t25-,26-,27-,28-. The van der Waals surface area contributed by atoms with Crippen molar-refractivity contribution in [3.63, 3.8) is 0 Å². The molecule has 35 heavy (non-hydrogen) atoms. The molecule has 2 aliphatic carbocycles. The maximum absolute atomic E-state index is 6.15. The Balaban J connectivity index is 1.17. The lowest BCUT2D eigenvalue weighted by molar-refractivity contribution is 0.177. The Kier molecular flexibility index (Phi) is 10.5. The van der Waals surface area contributed by atoms with Crippen molar-refractivity contribution < 1.29 is 4.74 Å². The SMILES string of the molecule is CCCCC[C@H]1CC[C@H](COc2ccc(-c3ncc(CC[C@H]4CC[C@H](CC)CC4)cn3)cc2)CC1. The number of rotatable bonds is 12. The van der Waals surface area contributed by atoms with E-state index in [-0.39, 0.29) is 0 Å². The molecule has 0 amide bonds. The molecule has 0 bridgehead atoms. The van der Waals surface area contributed by atoms with Gasteiger partial charge in [-0.25, -0.2) is 9.97 Å². The molecule has 2 aromatic rings. The molecule has 0 radical (unpaired) electrons. The molecule has 3 nitrogen and oxygen atoms in total. The van der Waals surface area contributed by atoms with Crippen molar-refractivity contribution in [2.45, 2.75) is 110 Å². The summed E-state index contributed by atoms with van der Waals surface area (Å²) in [5.74, 6) is 5.33. The highest BCUT2D eigenvalue weighted by atomic mass is 16.5. The number of nitrogens with zero attached hydrogens (tertiary/aromatic N) is 2. The molecular formula is C32H48N2O. The Labute approximate surface area is 214 Å². The van der Waals surface area contributed by atoms with Gasteiger partial charge in [-0.3, -0.25) is 0 Å². The zero-order chi connectivity index (χ0) is 24.3. The molecule has 2 fully saturated rings. The summed E-state index contributed by atoms with van der Waals surface area (Å²) in [5, 5.41) is 0. The summed E-state index contributed by atoms with van der Waals surface area (Å²) in [7, 11) is 0. The average molecular weight is 477 g/mol. The summed E-state index contributed by atoms with van der Waals surface area (Å²) in [6.45, 7) is 5.49. The first-order valence-corrected chi connectivity index (χ1v) is 14.8. The first kappa shape index (κ1) is 26.2. The van der Waals surface area contributed by atoms with Crippen LogP contribution >= 0.6 is 0 Å². The summed E-state index contributed by atoms with van der Waals surface area (Å²) in [6.07, 6.45) is 24.5. The van der Waals surface area contributed by atoms with Crippen LogP contribution in [0.25, 0.3) is 11.4 Å². The Hall–Kier alpha value is -1.90. The summed E-state index contributed by atoms with van der Waals surface area (Å²) in [5.41, 5.74) is 2.33. The third-order valence-corrected chi connectivity index (χ3v) is 8.87. The second-order valence-electron chi connectivity index (χ2n) is 11.5. The normalized spacial score (nSPS) is 24.9. The van der Waals surface area contributed by atoms with E-state index >= 15 is 0 Å². The fraction of sp³-hybridized carbons (Fsp3) is 0.688.